The van der Waals surface area contributed by atoms with Crippen molar-refractivity contribution >= 4 is 60.4 Å². The summed E-state index contributed by atoms with van der Waals surface area (Å²) in [6.45, 7) is 58.0. The predicted molar refractivity (Wildman–Crippen MR) is 313 cm³/mol. The molecule has 2 fully saturated rings. The lowest BCUT2D eigenvalue weighted by Crippen LogP contribution is -2.41. The van der Waals surface area contributed by atoms with Gasteiger partial charge in [0.05, 0.1) is 6.61 Å². The van der Waals surface area contributed by atoms with E-state index in [4.69, 9.17) is 40.0 Å². The van der Waals surface area contributed by atoms with Gasteiger partial charge in [-0.15, -0.1) is 0 Å². The van der Waals surface area contributed by atoms with Crippen LogP contribution in [0, 0.1) is 0 Å². The first kappa shape index (κ1) is 57.6. The Morgan fingerprint density at radius 3 is 1.17 bits per heavy atom. The third-order valence-electron chi connectivity index (χ3n) is 14.9. The lowest BCUT2D eigenvalue weighted by Gasteiger charge is -2.27. The van der Waals surface area contributed by atoms with E-state index in [1.165, 1.54) is 22.3 Å². The first-order valence-corrected chi connectivity index (χ1v) is 29.5. The van der Waals surface area contributed by atoms with Gasteiger partial charge in [-0.3, -0.25) is 9.05 Å². The van der Waals surface area contributed by atoms with Gasteiger partial charge in [-0.25, -0.2) is 0 Å². The molecule has 0 aliphatic carbocycles. The van der Waals surface area contributed by atoms with E-state index in [0.717, 1.165) is 66.1 Å². The van der Waals surface area contributed by atoms with Crippen LogP contribution in [0.1, 0.15) is 225 Å². The summed E-state index contributed by atoms with van der Waals surface area (Å²) < 4.78 is 63.7. The molecular weight excluding hydrogens is 975 g/mol. The lowest BCUT2D eigenvalue weighted by molar-refractivity contribution is -0.213. The molecule has 6 atom stereocenters. The van der Waals surface area contributed by atoms with Crippen molar-refractivity contribution < 1.29 is 40.0 Å². The molecule has 2 aromatic heterocycles. The van der Waals surface area contributed by atoms with Crippen LogP contribution < -0.4 is 9.05 Å². The van der Waals surface area contributed by atoms with Crippen LogP contribution in [0.4, 0.5) is 0 Å². The molecular formula is C64H92O9P2. The van der Waals surface area contributed by atoms with E-state index in [0.29, 0.717) is 0 Å². The Kier molecular flexibility index (Phi) is 14.5. The molecule has 0 bridgehead atoms. The third kappa shape index (κ3) is 11.5. The highest BCUT2D eigenvalue weighted by Gasteiger charge is 2.56. The number of rotatable bonds is 5. The smallest absolute Gasteiger partial charge is 0.387 e. The zero-order valence-corrected chi connectivity index (χ0v) is 52.5. The molecule has 75 heavy (non-hydrogen) atoms. The second-order valence-electron chi connectivity index (χ2n) is 30.4. The van der Waals surface area contributed by atoms with Gasteiger partial charge >= 0.3 is 16.5 Å². The second kappa shape index (κ2) is 18.8. The normalized spacial score (nSPS) is 20.7. The highest BCUT2D eigenvalue weighted by Crippen LogP contribution is 2.51. The Morgan fingerprint density at radius 2 is 0.787 bits per heavy atom. The van der Waals surface area contributed by atoms with E-state index >= 15 is 0 Å². The van der Waals surface area contributed by atoms with Gasteiger partial charge in [-0.2, -0.15) is 0 Å². The van der Waals surface area contributed by atoms with Crippen LogP contribution in [-0.2, 0) is 57.5 Å². The Bertz CT molecular complexity index is 3240. The van der Waals surface area contributed by atoms with Gasteiger partial charge in [0.1, 0.15) is 40.6 Å². The molecule has 0 N–H and O–H groups in total. The molecule has 2 aliphatic rings. The van der Waals surface area contributed by atoms with Gasteiger partial charge in [0, 0.05) is 43.8 Å². The van der Waals surface area contributed by atoms with Gasteiger partial charge < -0.3 is 31.0 Å². The highest BCUT2D eigenvalue weighted by molar-refractivity contribution is 7.32. The van der Waals surface area contributed by atoms with Crippen molar-refractivity contribution in [3.63, 3.8) is 0 Å². The van der Waals surface area contributed by atoms with Crippen molar-refractivity contribution in [2.75, 3.05) is 6.61 Å². The van der Waals surface area contributed by atoms with Crippen molar-refractivity contribution in [3.05, 3.63) is 93.0 Å². The van der Waals surface area contributed by atoms with Gasteiger partial charge in [0.25, 0.3) is 0 Å². The summed E-state index contributed by atoms with van der Waals surface area (Å²) in [4.78, 5) is 0. The van der Waals surface area contributed by atoms with Crippen LogP contribution >= 0.6 is 16.5 Å². The number of benzene rings is 4. The van der Waals surface area contributed by atoms with Crippen molar-refractivity contribution in [2.45, 2.75) is 254 Å². The number of hydrogen-bond donors (Lipinski definition) is 0. The first-order chi connectivity index (χ1) is 33.9. The Balaban J connectivity index is 1.38. The summed E-state index contributed by atoms with van der Waals surface area (Å²) in [5.41, 5.74) is 10.3. The summed E-state index contributed by atoms with van der Waals surface area (Å²) in [6, 6.07) is 18.3. The largest absolute Gasteiger partial charge is 0.399 e. The fourth-order valence-corrected chi connectivity index (χ4v) is 13.0. The van der Waals surface area contributed by atoms with Crippen LogP contribution in [-0.4, -0.2) is 37.0 Å². The molecule has 0 amide bonds. The van der Waals surface area contributed by atoms with Crippen molar-refractivity contribution in [2.24, 2.45) is 0 Å². The predicted octanol–water partition coefficient (Wildman–Crippen LogP) is 19.1. The molecule has 9 nitrogen and oxygen atoms in total. The minimum atomic E-state index is -2.17. The Morgan fingerprint density at radius 1 is 0.427 bits per heavy atom. The minimum absolute atomic E-state index is 0.0376. The molecule has 4 aromatic carbocycles. The zero-order chi connectivity index (χ0) is 55.9. The first-order valence-electron chi connectivity index (χ1n) is 27.3. The van der Waals surface area contributed by atoms with E-state index in [1.807, 2.05) is 13.8 Å². The summed E-state index contributed by atoms with van der Waals surface area (Å²) in [5, 5.41) is 4.11. The van der Waals surface area contributed by atoms with E-state index in [2.05, 4.69) is 215 Å². The van der Waals surface area contributed by atoms with Crippen molar-refractivity contribution in [1.82, 2.24) is 0 Å². The standard InChI is InChI=1S/C64H92O9P2/c1-56(2,3)36-31-38-47-40(58(7,8)9)27-29-42(60(13,14)15)51(47)71-74(69-49(38)44(33-36)62(19,20)21)65-35-46-53(54-55(66-46)68-64(25,26)67-54)73-75-70-50-39(32-37(57(4,5)6)34-45(50)63(22,23)24)48-41(59(10,11)12)28-30-43(52(48)72-75)61(16,17)18/h27-34,46,53-55H,35H2,1-26H3/t46-,53+,54-,55-,74?,75?/m1/s1. The fourth-order valence-electron chi connectivity index (χ4n) is 10.6. The summed E-state index contributed by atoms with van der Waals surface area (Å²) in [5.74, 6) is -0.932. The average molecular weight is 1070 g/mol. The average Bonchev–Trinajstić information content (AvgIpc) is 3.54. The molecule has 2 saturated heterocycles. The van der Waals surface area contributed by atoms with E-state index in [-0.39, 0.29) is 49.9 Å². The minimum Gasteiger partial charge on any atom is -0.399 e. The summed E-state index contributed by atoms with van der Waals surface area (Å²) in [7, 11) is -4.25. The van der Waals surface area contributed by atoms with Crippen LogP contribution in [0.2, 0.25) is 0 Å². The maximum Gasteiger partial charge on any atom is 0.387 e. The molecule has 2 unspecified atom stereocenters. The highest BCUT2D eigenvalue weighted by atomic mass is 31.1. The third-order valence-corrected chi connectivity index (χ3v) is 17.0. The van der Waals surface area contributed by atoms with Crippen LogP contribution in [0.25, 0.3) is 43.9 Å². The van der Waals surface area contributed by atoms with Gasteiger partial charge in [-0.05, 0) is 91.6 Å². The number of fused-ring (bicyclic) bond motifs is 7. The molecule has 2 aliphatic heterocycles. The van der Waals surface area contributed by atoms with Gasteiger partial charge in [0.15, 0.2) is 12.1 Å². The zero-order valence-electron chi connectivity index (χ0n) is 50.7. The molecule has 0 spiro atoms. The van der Waals surface area contributed by atoms with Crippen molar-refractivity contribution in [1.29, 1.82) is 0 Å². The SMILES string of the molecule is CC1(C)O[C@H]2O[C@H](COp3oc4c(C(C)(C)C)cc(C(C)(C)C)cc4c4c(C(C)(C)C)ccc(C(C)(C)C)c4o3)[C@H](Op3oc4c(C(C)(C)C)cc(C(C)(C)C)cc4c4c(C(C)(C)C)ccc(C(C)(C)C)c4o3)[C@H]2O1. The van der Waals surface area contributed by atoms with Crippen LogP contribution in [0.5, 0.6) is 0 Å². The number of hydrogen-bond acceptors (Lipinski definition) is 9. The van der Waals surface area contributed by atoms with Crippen LogP contribution in [0.15, 0.2) is 65.3 Å². The van der Waals surface area contributed by atoms with E-state index in [1.54, 1.807) is 0 Å². The molecule has 6 aromatic rings. The Hall–Kier alpha value is -3.52. The second-order valence-corrected chi connectivity index (χ2v) is 32.4. The molecule has 4 heterocycles. The van der Waals surface area contributed by atoms with Crippen molar-refractivity contribution in [3.8, 4) is 0 Å². The molecule has 8 rings (SSSR count). The maximum absolute atomic E-state index is 7.37. The van der Waals surface area contributed by atoms with Gasteiger partial charge in [0.2, 0.25) is 0 Å². The summed E-state index contributed by atoms with van der Waals surface area (Å²) in [6.07, 6.45) is -2.82. The molecule has 412 valence electrons. The van der Waals surface area contributed by atoms with E-state index < -0.39 is 46.9 Å². The molecule has 11 heteroatoms. The number of ether oxygens (including phenoxy) is 3. The monoisotopic (exact) mass is 1070 g/mol. The fraction of sp³-hybridized carbons (Fsp3) is 0.625. The Labute approximate surface area is 451 Å². The summed E-state index contributed by atoms with van der Waals surface area (Å²) >= 11 is 0. The van der Waals surface area contributed by atoms with E-state index in [9.17, 15) is 0 Å². The quantitative estimate of drug-likeness (QED) is 0.167. The molecule has 0 radical (unpaired) electrons. The lowest BCUT2D eigenvalue weighted by atomic mass is 9.76. The topological polar surface area (TPSA) is 98.7 Å². The van der Waals surface area contributed by atoms with Gasteiger partial charge in [-0.1, -0.05) is 203 Å². The molecule has 0 saturated carbocycles. The van der Waals surface area contributed by atoms with Crippen LogP contribution in [0.3, 0.4) is 0 Å². The maximum atomic E-state index is 7.37.